The van der Waals surface area contributed by atoms with Crippen LogP contribution >= 0.6 is 0 Å². The summed E-state index contributed by atoms with van der Waals surface area (Å²) in [6.07, 6.45) is 2.57. The quantitative estimate of drug-likeness (QED) is 0.852. The summed E-state index contributed by atoms with van der Waals surface area (Å²) < 4.78 is 5.18. The van der Waals surface area contributed by atoms with Gasteiger partial charge in [0.05, 0.1) is 12.8 Å². The summed E-state index contributed by atoms with van der Waals surface area (Å²) in [4.78, 5) is 7.03. The summed E-state index contributed by atoms with van der Waals surface area (Å²) in [6.45, 7) is 7.55. The first-order chi connectivity index (χ1) is 9.19. The van der Waals surface area contributed by atoms with Crippen LogP contribution in [0.1, 0.15) is 32.4 Å². The molecule has 2 heterocycles. The minimum atomic E-state index is 0.553. The first kappa shape index (κ1) is 14.3. The van der Waals surface area contributed by atoms with Crippen molar-refractivity contribution in [3.8, 4) is 5.88 Å². The molecule has 0 radical (unpaired) electrons. The molecule has 4 nitrogen and oxygen atoms in total. The molecule has 1 atom stereocenters. The van der Waals surface area contributed by atoms with Crippen LogP contribution in [-0.2, 0) is 6.54 Å². The highest BCUT2D eigenvalue weighted by molar-refractivity contribution is 5.15. The van der Waals surface area contributed by atoms with E-state index in [1.54, 1.807) is 7.11 Å². The van der Waals surface area contributed by atoms with Crippen molar-refractivity contribution in [2.75, 3.05) is 20.2 Å². The maximum Gasteiger partial charge on any atom is 0.213 e. The van der Waals surface area contributed by atoms with E-state index in [1.165, 1.54) is 19.4 Å². The Balaban J connectivity index is 1.92. The topological polar surface area (TPSA) is 37.4 Å². The Kier molecular flexibility index (Phi) is 5.16. The van der Waals surface area contributed by atoms with Crippen molar-refractivity contribution >= 4 is 0 Å². The van der Waals surface area contributed by atoms with Gasteiger partial charge in [-0.3, -0.25) is 4.90 Å². The molecule has 1 saturated heterocycles. The van der Waals surface area contributed by atoms with Gasteiger partial charge in [0.15, 0.2) is 0 Å². The maximum atomic E-state index is 5.18. The third-order valence-electron chi connectivity index (χ3n) is 3.62. The molecule has 2 rings (SSSR count). The van der Waals surface area contributed by atoms with Crippen LogP contribution in [0.15, 0.2) is 18.2 Å². The van der Waals surface area contributed by atoms with Crippen LogP contribution < -0.4 is 10.1 Å². The third kappa shape index (κ3) is 4.18. The van der Waals surface area contributed by atoms with E-state index in [4.69, 9.17) is 4.74 Å². The van der Waals surface area contributed by atoms with Crippen LogP contribution in [0.4, 0.5) is 0 Å². The molecule has 0 amide bonds. The summed E-state index contributed by atoms with van der Waals surface area (Å²) in [6, 6.07) is 7.17. The van der Waals surface area contributed by atoms with E-state index < -0.39 is 0 Å². The van der Waals surface area contributed by atoms with E-state index >= 15 is 0 Å². The Labute approximate surface area is 116 Å². The molecule has 1 aromatic heterocycles. The number of nitrogens with zero attached hydrogens (tertiary/aromatic N) is 2. The minimum absolute atomic E-state index is 0.553. The lowest BCUT2D eigenvalue weighted by Crippen LogP contribution is -2.39. The van der Waals surface area contributed by atoms with Gasteiger partial charge in [0, 0.05) is 31.2 Å². The van der Waals surface area contributed by atoms with E-state index in [9.17, 15) is 0 Å². The molecule has 0 saturated carbocycles. The third-order valence-corrected chi connectivity index (χ3v) is 3.62. The molecule has 1 N–H and O–H groups in total. The summed E-state index contributed by atoms with van der Waals surface area (Å²) in [5, 5.41) is 3.54. The van der Waals surface area contributed by atoms with Crippen LogP contribution in [0.3, 0.4) is 0 Å². The van der Waals surface area contributed by atoms with Crippen LogP contribution in [-0.4, -0.2) is 42.2 Å². The van der Waals surface area contributed by atoms with Crippen molar-refractivity contribution in [3.63, 3.8) is 0 Å². The van der Waals surface area contributed by atoms with Crippen LogP contribution in [0, 0.1) is 0 Å². The molecule has 1 fully saturated rings. The van der Waals surface area contributed by atoms with Gasteiger partial charge in [-0.2, -0.15) is 0 Å². The van der Waals surface area contributed by atoms with E-state index in [0.29, 0.717) is 18.0 Å². The highest BCUT2D eigenvalue weighted by Crippen LogP contribution is 2.19. The Morgan fingerprint density at radius 1 is 1.47 bits per heavy atom. The van der Waals surface area contributed by atoms with E-state index in [-0.39, 0.29) is 0 Å². The number of hydrogen-bond donors (Lipinski definition) is 1. The van der Waals surface area contributed by atoms with Gasteiger partial charge in [-0.25, -0.2) is 4.98 Å². The van der Waals surface area contributed by atoms with Gasteiger partial charge < -0.3 is 10.1 Å². The fourth-order valence-corrected chi connectivity index (χ4v) is 2.57. The lowest BCUT2D eigenvalue weighted by atomic mass is 10.2. The molecule has 0 aliphatic carbocycles. The predicted octanol–water partition coefficient (Wildman–Crippen LogP) is 2.05. The van der Waals surface area contributed by atoms with Gasteiger partial charge >= 0.3 is 0 Å². The lowest BCUT2D eigenvalue weighted by molar-refractivity contribution is 0.232. The summed E-state index contributed by atoms with van der Waals surface area (Å²) >= 11 is 0. The van der Waals surface area contributed by atoms with Crippen molar-refractivity contribution in [1.29, 1.82) is 0 Å². The van der Waals surface area contributed by atoms with Crippen molar-refractivity contribution in [1.82, 2.24) is 15.2 Å². The molecular formula is C15H25N3O. The number of aromatic nitrogens is 1. The Hall–Kier alpha value is -1.13. The first-order valence-corrected chi connectivity index (χ1v) is 7.16. The molecule has 0 spiro atoms. The monoisotopic (exact) mass is 263 g/mol. The number of ether oxygens (including phenoxy) is 1. The predicted molar refractivity (Wildman–Crippen MR) is 77.4 cm³/mol. The molecule has 4 heteroatoms. The van der Waals surface area contributed by atoms with E-state index in [0.717, 1.165) is 18.8 Å². The number of methoxy groups -OCH3 is 1. The molecule has 0 aromatic carbocycles. The van der Waals surface area contributed by atoms with Crippen molar-refractivity contribution in [2.24, 2.45) is 0 Å². The van der Waals surface area contributed by atoms with Gasteiger partial charge in [0.25, 0.3) is 0 Å². The molecular weight excluding hydrogens is 238 g/mol. The fourth-order valence-electron chi connectivity index (χ4n) is 2.57. The molecule has 1 aliphatic heterocycles. The average Bonchev–Trinajstić information content (AvgIpc) is 2.84. The van der Waals surface area contributed by atoms with Crippen LogP contribution in [0.5, 0.6) is 5.88 Å². The Morgan fingerprint density at radius 3 is 3.05 bits per heavy atom. The lowest BCUT2D eigenvalue weighted by Gasteiger charge is -2.25. The zero-order chi connectivity index (χ0) is 13.7. The average molecular weight is 263 g/mol. The fraction of sp³-hybridized carbons (Fsp3) is 0.667. The number of hydrogen-bond acceptors (Lipinski definition) is 4. The van der Waals surface area contributed by atoms with Crippen LogP contribution in [0.2, 0.25) is 0 Å². The van der Waals surface area contributed by atoms with E-state index in [1.807, 2.05) is 12.1 Å². The second-order valence-corrected chi connectivity index (χ2v) is 5.50. The zero-order valence-electron chi connectivity index (χ0n) is 12.2. The largest absolute Gasteiger partial charge is 0.481 e. The van der Waals surface area contributed by atoms with Gasteiger partial charge in [-0.15, -0.1) is 0 Å². The van der Waals surface area contributed by atoms with E-state index in [2.05, 4.69) is 35.1 Å². The first-order valence-electron chi connectivity index (χ1n) is 7.16. The summed E-state index contributed by atoms with van der Waals surface area (Å²) in [5.74, 6) is 0.702. The highest BCUT2D eigenvalue weighted by atomic mass is 16.5. The number of nitrogens with one attached hydrogen (secondary N) is 1. The number of pyridine rings is 1. The standard InChI is InChI=1S/C15H25N3O/c1-12(2)16-10-14-7-5-9-18(14)11-13-6-4-8-15(17-13)19-3/h4,6,8,12,14,16H,5,7,9-11H2,1-3H3. The Bertz CT molecular complexity index is 395. The second-order valence-electron chi connectivity index (χ2n) is 5.50. The molecule has 1 aliphatic rings. The summed E-state index contributed by atoms with van der Waals surface area (Å²) in [7, 11) is 1.66. The molecule has 1 unspecified atom stereocenters. The SMILES string of the molecule is COc1cccc(CN2CCCC2CNC(C)C)n1. The normalized spacial score (nSPS) is 20.1. The minimum Gasteiger partial charge on any atom is -0.481 e. The molecule has 106 valence electrons. The zero-order valence-corrected chi connectivity index (χ0v) is 12.2. The molecule has 19 heavy (non-hydrogen) atoms. The van der Waals surface area contributed by atoms with Gasteiger partial charge in [-0.05, 0) is 25.5 Å². The second kappa shape index (κ2) is 6.87. The van der Waals surface area contributed by atoms with Crippen LogP contribution in [0.25, 0.3) is 0 Å². The molecule has 1 aromatic rings. The Morgan fingerprint density at radius 2 is 2.32 bits per heavy atom. The van der Waals surface area contributed by atoms with Gasteiger partial charge in [0.1, 0.15) is 0 Å². The highest BCUT2D eigenvalue weighted by Gasteiger charge is 2.24. The van der Waals surface area contributed by atoms with Crippen molar-refractivity contribution < 1.29 is 4.74 Å². The maximum absolute atomic E-state index is 5.18. The summed E-state index contributed by atoms with van der Waals surface area (Å²) in [5.41, 5.74) is 1.09. The van der Waals surface area contributed by atoms with Gasteiger partial charge in [-0.1, -0.05) is 19.9 Å². The van der Waals surface area contributed by atoms with Gasteiger partial charge in [0.2, 0.25) is 5.88 Å². The smallest absolute Gasteiger partial charge is 0.213 e. The number of likely N-dealkylation sites (tertiary alicyclic amines) is 1. The number of rotatable bonds is 6. The van der Waals surface area contributed by atoms with Crippen molar-refractivity contribution in [2.45, 2.75) is 45.3 Å². The molecule has 0 bridgehead atoms. The van der Waals surface area contributed by atoms with Crippen molar-refractivity contribution in [3.05, 3.63) is 23.9 Å².